The van der Waals surface area contributed by atoms with E-state index in [1.165, 1.54) is 0 Å². The molecule has 7 heteroatoms. The van der Waals surface area contributed by atoms with Gasteiger partial charge in [-0.15, -0.1) is 0 Å². The summed E-state index contributed by atoms with van der Waals surface area (Å²) in [4.78, 5) is 11.0. The number of aromatic nitrogens is 1. The van der Waals surface area contributed by atoms with Crippen LogP contribution in [0.3, 0.4) is 0 Å². The molecule has 0 saturated carbocycles. The van der Waals surface area contributed by atoms with Gasteiger partial charge in [-0.05, 0) is 18.1 Å². The number of rotatable bonds is 6. The van der Waals surface area contributed by atoms with E-state index >= 15 is 0 Å². The Morgan fingerprint density at radius 3 is 2.18 bits per heavy atom. The van der Waals surface area contributed by atoms with Gasteiger partial charge in [-0.25, -0.2) is 0 Å². The first-order valence-corrected chi connectivity index (χ1v) is 5.35. The topological polar surface area (TPSA) is 145 Å². The highest BCUT2D eigenvalue weighted by Gasteiger charge is 1.98. The van der Waals surface area contributed by atoms with Crippen LogP contribution in [-0.2, 0) is 12.8 Å². The fraction of sp³-hybridized carbons (Fsp3) is 0.400. The Hall–Kier alpha value is -2.18. The first-order valence-electron chi connectivity index (χ1n) is 5.35. The van der Waals surface area contributed by atoms with E-state index in [-0.39, 0.29) is 11.9 Å². The van der Waals surface area contributed by atoms with E-state index in [1.54, 1.807) is 0 Å². The Kier molecular flexibility index (Phi) is 4.86. The van der Waals surface area contributed by atoms with Gasteiger partial charge < -0.3 is 27.9 Å². The number of aromatic amines is 1. The highest BCUT2D eigenvalue weighted by Crippen LogP contribution is 2.05. The summed E-state index contributed by atoms with van der Waals surface area (Å²) >= 11 is 0. The molecule has 0 atom stereocenters. The summed E-state index contributed by atoms with van der Waals surface area (Å²) in [6.45, 7) is 1.17. The summed E-state index contributed by atoms with van der Waals surface area (Å²) in [6, 6.07) is 2.06. The SMILES string of the molecule is NC(N)=NCCc1c[nH]c(CCN=C(N)N)c1. The van der Waals surface area contributed by atoms with Crippen LogP contribution in [-0.4, -0.2) is 30.0 Å². The Labute approximate surface area is 100.0 Å². The molecule has 0 amide bonds. The van der Waals surface area contributed by atoms with Gasteiger partial charge >= 0.3 is 0 Å². The predicted octanol–water partition coefficient (Wildman–Crippen LogP) is -1.35. The van der Waals surface area contributed by atoms with E-state index in [9.17, 15) is 0 Å². The molecule has 1 aromatic rings. The second-order valence-electron chi connectivity index (χ2n) is 3.65. The average Bonchev–Trinajstić information content (AvgIpc) is 2.65. The van der Waals surface area contributed by atoms with Crippen molar-refractivity contribution in [3.05, 3.63) is 23.5 Å². The number of H-pyrrole nitrogens is 1. The van der Waals surface area contributed by atoms with Gasteiger partial charge in [0.05, 0.1) is 0 Å². The number of aliphatic imine (C=N–C) groups is 2. The van der Waals surface area contributed by atoms with Gasteiger partial charge in [-0.2, -0.15) is 0 Å². The molecule has 1 rings (SSSR count). The van der Waals surface area contributed by atoms with Crippen molar-refractivity contribution >= 4 is 11.9 Å². The van der Waals surface area contributed by atoms with E-state index in [0.29, 0.717) is 13.1 Å². The number of nitrogens with zero attached hydrogens (tertiary/aromatic N) is 2. The van der Waals surface area contributed by atoms with Crippen LogP contribution in [0.4, 0.5) is 0 Å². The molecule has 0 saturated heterocycles. The van der Waals surface area contributed by atoms with Crippen molar-refractivity contribution in [1.29, 1.82) is 0 Å². The lowest BCUT2D eigenvalue weighted by Crippen LogP contribution is -2.23. The lowest BCUT2D eigenvalue weighted by Gasteiger charge is -1.94. The third-order valence-electron chi connectivity index (χ3n) is 2.17. The van der Waals surface area contributed by atoms with E-state index < -0.39 is 0 Å². The highest BCUT2D eigenvalue weighted by molar-refractivity contribution is 5.75. The molecule has 1 heterocycles. The Morgan fingerprint density at radius 2 is 1.59 bits per heavy atom. The minimum absolute atomic E-state index is 0.115. The van der Waals surface area contributed by atoms with Crippen molar-refractivity contribution in [2.75, 3.05) is 13.1 Å². The Balaban J connectivity index is 2.37. The van der Waals surface area contributed by atoms with Crippen LogP contribution in [0.25, 0.3) is 0 Å². The molecule has 7 nitrogen and oxygen atoms in total. The molecule has 17 heavy (non-hydrogen) atoms. The van der Waals surface area contributed by atoms with E-state index in [4.69, 9.17) is 22.9 Å². The first kappa shape index (κ1) is 12.9. The number of hydrogen-bond donors (Lipinski definition) is 5. The first-order chi connectivity index (χ1) is 8.08. The molecule has 0 spiro atoms. The van der Waals surface area contributed by atoms with Crippen LogP contribution in [0.5, 0.6) is 0 Å². The quantitative estimate of drug-likeness (QED) is 0.307. The maximum Gasteiger partial charge on any atom is 0.185 e. The van der Waals surface area contributed by atoms with Crippen LogP contribution in [0.2, 0.25) is 0 Å². The minimum atomic E-state index is 0.115. The minimum Gasteiger partial charge on any atom is -0.370 e. The van der Waals surface area contributed by atoms with E-state index in [0.717, 1.165) is 24.1 Å². The van der Waals surface area contributed by atoms with Gasteiger partial charge in [0, 0.05) is 31.4 Å². The zero-order valence-electron chi connectivity index (χ0n) is 9.69. The molecule has 0 radical (unpaired) electrons. The molecule has 0 unspecified atom stereocenters. The van der Waals surface area contributed by atoms with Crippen molar-refractivity contribution in [1.82, 2.24) is 4.98 Å². The van der Waals surface area contributed by atoms with Crippen LogP contribution in [0.15, 0.2) is 22.2 Å². The lowest BCUT2D eigenvalue weighted by molar-refractivity contribution is 0.930. The van der Waals surface area contributed by atoms with Gasteiger partial charge in [0.15, 0.2) is 11.9 Å². The zero-order valence-corrected chi connectivity index (χ0v) is 9.69. The molecule has 0 aromatic carbocycles. The van der Waals surface area contributed by atoms with E-state index in [1.807, 2.05) is 6.20 Å². The standard InChI is InChI=1S/C10H19N7/c11-9(12)15-3-1-7-5-8(17-6-7)2-4-16-10(13)14/h5-6,17H,1-4H2,(H4,11,12,15)(H4,13,14,16). The summed E-state index contributed by atoms with van der Waals surface area (Å²) in [5, 5.41) is 0. The number of hydrogen-bond acceptors (Lipinski definition) is 2. The fourth-order valence-electron chi connectivity index (χ4n) is 1.40. The largest absolute Gasteiger partial charge is 0.370 e. The van der Waals surface area contributed by atoms with Crippen LogP contribution in [0.1, 0.15) is 11.3 Å². The van der Waals surface area contributed by atoms with Gasteiger partial charge in [0.25, 0.3) is 0 Å². The molecule has 9 N–H and O–H groups in total. The van der Waals surface area contributed by atoms with Crippen LogP contribution in [0, 0.1) is 0 Å². The normalized spacial score (nSPS) is 9.88. The molecule has 94 valence electrons. The molecule has 0 aliphatic heterocycles. The predicted molar refractivity (Wildman–Crippen MR) is 69.6 cm³/mol. The maximum atomic E-state index is 5.24. The molecule has 0 fully saturated rings. The van der Waals surface area contributed by atoms with Crippen molar-refractivity contribution in [2.45, 2.75) is 12.8 Å². The van der Waals surface area contributed by atoms with Crippen molar-refractivity contribution in [2.24, 2.45) is 32.9 Å². The van der Waals surface area contributed by atoms with Gasteiger partial charge in [0.1, 0.15) is 0 Å². The maximum absolute atomic E-state index is 5.24. The number of guanidine groups is 2. The molecule has 0 aliphatic rings. The second kappa shape index (κ2) is 6.41. The van der Waals surface area contributed by atoms with E-state index in [2.05, 4.69) is 21.0 Å². The van der Waals surface area contributed by atoms with Gasteiger partial charge in [-0.3, -0.25) is 9.98 Å². The third-order valence-corrected chi connectivity index (χ3v) is 2.17. The highest BCUT2D eigenvalue weighted by atomic mass is 15.0. The Morgan fingerprint density at radius 1 is 1.00 bits per heavy atom. The van der Waals surface area contributed by atoms with Crippen molar-refractivity contribution in [3.8, 4) is 0 Å². The summed E-state index contributed by atoms with van der Waals surface area (Å²) in [7, 11) is 0. The second-order valence-corrected chi connectivity index (χ2v) is 3.65. The van der Waals surface area contributed by atoms with Crippen LogP contribution >= 0.6 is 0 Å². The third kappa shape index (κ3) is 5.45. The van der Waals surface area contributed by atoms with Crippen LogP contribution < -0.4 is 22.9 Å². The lowest BCUT2D eigenvalue weighted by atomic mass is 10.2. The molecular weight excluding hydrogens is 218 g/mol. The zero-order chi connectivity index (χ0) is 12.7. The van der Waals surface area contributed by atoms with Crippen molar-refractivity contribution in [3.63, 3.8) is 0 Å². The fourth-order valence-corrected chi connectivity index (χ4v) is 1.40. The smallest absolute Gasteiger partial charge is 0.185 e. The summed E-state index contributed by atoms with van der Waals surface area (Å²) in [6.07, 6.45) is 3.52. The van der Waals surface area contributed by atoms with Gasteiger partial charge in [0.2, 0.25) is 0 Å². The van der Waals surface area contributed by atoms with Crippen molar-refractivity contribution < 1.29 is 0 Å². The van der Waals surface area contributed by atoms with Gasteiger partial charge in [-0.1, -0.05) is 0 Å². The number of nitrogens with one attached hydrogen (secondary N) is 1. The molecule has 1 aromatic heterocycles. The summed E-state index contributed by atoms with van der Waals surface area (Å²) in [5.74, 6) is 0.234. The molecule has 0 bridgehead atoms. The molecule has 0 aliphatic carbocycles. The monoisotopic (exact) mass is 237 g/mol. The molecular formula is C10H19N7. The Bertz CT molecular complexity index is 360. The summed E-state index contributed by atoms with van der Waals surface area (Å²) in [5.41, 5.74) is 23.2. The number of nitrogens with two attached hydrogens (primary N) is 4. The summed E-state index contributed by atoms with van der Waals surface area (Å²) < 4.78 is 0. The average molecular weight is 237 g/mol.